The van der Waals surface area contributed by atoms with E-state index in [9.17, 15) is 14.4 Å². The number of aromatic nitrogens is 2. The first-order chi connectivity index (χ1) is 22.4. The third kappa shape index (κ3) is 7.43. The van der Waals surface area contributed by atoms with E-state index in [4.69, 9.17) is 52.5 Å². The van der Waals surface area contributed by atoms with Crippen molar-refractivity contribution in [3.05, 3.63) is 69.6 Å². The molecule has 2 aliphatic heterocycles. The zero-order valence-corrected chi connectivity index (χ0v) is 28.6. The summed E-state index contributed by atoms with van der Waals surface area (Å²) in [6.07, 6.45) is -1.14. The Bertz CT molecular complexity index is 1710. The van der Waals surface area contributed by atoms with Crippen LogP contribution in [-0.4, -0.2) is 76.3 Å². The van der Waals surface area contributed by atoms with E-state index >= 15 is 0 Å². The van der Waals surface area contributed by atoms with Crippen LogP contribution in [0, 0.1) is 18.6 Å². The molecule has 0 amide bonds. The molecule has 2 aliphatic rings. The monoisotopic (exact) mass is 686 g/mol. The van der Waals surface area contributed by atoms with Crippen molar-refractivity contribution in [3.63, 3.8) is 0 Å². The van der Waals surface area contributed by atoms with Gasteiger partial charge < -0.3 is 43.3 Å². The van der Waals surface area contributed by atoms with Gasteiger partial charge in [0.2, 0.25) is 0 Å². The normalized spacial score (nSPS) is 23.7. The van der Waals surface area contributed by atoms with Crippen molar-refractivity contribution in [2.75, 3.05) is 19.8 Å². The predicted octanol–water partition coefficient (Wildman–Crippen LogP) is 3.84. The fraction of sp³-hybridized carbons (Fsp3) is 0.469. The van der Waals surface area contributed by atoms with Gasteiger partial charge in [-0.25, -0.2) is 4.79 Å². The Balaban J connectivity index is 1.31. The van der Waals surface area contributed by atoms with Gasteiger partial charge in [-0.3, -0.25) is 14.2 Å². The highest BCUT2D eigenvalue weighted by molar-refractivity contribution is 7.80. The van der Waals surface area contributed by atoms with E-state index in [0.29, 0.717) is 16.3 Å². The fourth-order valence-corrected chi connectivity index (χ4v) is 6.33. The van der Waals surface area contributed by atoms with Crippen molar-refractivity contribution in [3.8, 4) is 5.69 Å². The first-order valence-corrected chi connectivity index (χ1v) is 16.0. The zero-order chi connectivity index (χ0) is 34.0. The second-order valence-corrected chi connectivity index (χ2v) is 12.2. The minimum absolute atomic E-state index is 0.111. The molecule has 47 heavy (non-hydrogen) atoms. The molecule has 2 fully saturated rings. The van der Waals surface area contributed by atoms with Gasteiger partial charge in [0.15, 0.2) is 28.2 Å². The third-order valence-electron chi connectivity index (χ3n) is 8.00. The second kappa shape index (κ2) is 14.4. The number of nitrogens with one attached hydrogen (secondary N) is 2. The number of rotatable bonds is 9. The summed E-state index contributed by atoms with van der Waals surface area (Å²) >= 11 is 11.4. The molecule has 2 aromatic heterocycles. The van der Waals surface area contributed by atoms with Crippen molar-refractivity contribution < 1.29 is 42.5 Å². The Labute approximate surface area is 282 Å². The molecule has 6 atom stereocenters. The maximum atomic E-state index is 12.4. The molecular weight excluding hydrogens is 649 g/mol. The summed E-state index contributed by atoms with van der Waals surface area (Å²) in [5.74, 6) is -0.860. The Kier molecular flexibility index (Phi) is 10.5. The first-order valence-electron chi connectivity index (χ1n) is 15.1. The molecule has 0 saturated carbocycles. The van der Waals surface area contributed by atoms with Crippen LogP contribution in [0.3, 0.4) is 0 Å². The summed E-state index contributed by atoms with van der Waals surface area (Å²) in [6.45, 7) is 8.49. The number of esters is 3. The maximum Gasteiger partial charge on any atom is 0.341 e. The van der Waals surface area contributed by atoms with Gasteiger partial charge in [-0.2, -0.15) is 0 Å². The summed E-state index contributed by atoms with van der Waals surface area (Å²) in [6, 6.07) is 8.41. The van der Waals surface area contributed by atoms with Gasteiger partial charge in [0.25, 0.3) is 0 Å². The van der Waals surface area contributed by atoms with E-state index in [-0.39, 0.29) is 30.5 Å². The van der Waals surface area contributed by atoms with Crippen LogP contribution in [0.1, 0.15) is 66.1 Å². The average molecular weight is 687 g/mol. The maximum absolute atomic E-state index is 12.4. The number of furan rings is 1. The van der Waals surface area contributed by atoms with Crippen LogP contribution >= 0.6 is 24.4 Å². The van der Waals surface area contributed by atoms with Crippen LogP contribution in [0.25, 0.3) is 5.69 Å². The number of thiocarbonyl (C=S) groups is 1. The minimum atomic E-state index is -0.837. The number of hydrogen-bond acceptors (Lipinski definition) is 11. The molecule has 2 N–H and O–H groups in total. The SMILES string of the molecule is CCOC(=O)c1cc([C@@H]2OC[C@H](NC(=S)N[C@H]3CO[C@@H](c4cn(-c5ccc(C)cc5)c(=S)n4C)[C@@H]3OC(C)=O)[C@H]2OC(C)=O)oc1C. The van der Waals surface area contributed by atoms with Crippen molar-refractivity contribution in [1.29, 1.82) is 0 Å². The van der Waals surface area contributed by atoms with Crippen LogP contribution in [0.5, 0.6) is 0 Å². The number of nitrogens with zero attached hydrogens (tertiary/aromatic N) is 2. The highest BCUT2D eigenvalue weighted by Gasteiger charge is 2.46. The minimum Gasteiger partial charge on any atom is -0.463 e. The van der Waals surface area contributed by atoms with Gasteiger partial charge in [0.05, 0.1) is 37.6 Å². The quantitative estimate of drug-likeness (QED) is 0.191. The molecule has 0 radical (unpaired) electrons. The van der Waals surface area contributed by atoms with Crippen LogP contribution in [0.15, 0.2) is 40.9 Å². The second-order valence-electron chi connectivity index (χ2n) is 11.4. The molecule has 5 rings (SSSR count). The Morgan fingerprint density at radius 2 is 1.53 bits per heavy atom. The van der Waals surface area contributed by atoms with Gasteiger partial charge in [-0.1, -0.05) is 17.7 Å². The number of benzene rings is 1. The molecule has 0 aliphatic carbocycles. The number of ether oxygens (including phenoxy) is 5. The van der Waals surface area contributed by atoms with E-state index in [1.165, 1.54) is 19.9 Å². The fourth-order valence-electron chi connectivity index (χ4n) is 5.77. The lowest BCUT2D eigenvalue weighted by Crippen LogP contribution is -2.53. The van der Waals surface area contributed by atoms with E-state index < -0.39 is 54.4 Å². The molecule has 0 spiro atoms. The molecule has 1 aromatic carbocycles. The highest BCUT2D eigenvalue weighted by Crippen LogP contribution is 2.36. The highest BCUT2D eigenvalue weighted by atomic mass is 32.1. The van der Waals surface area contributed by atoms with Crippen LogP contribution < -0.4 is 10.6 Å². The van der Waals surface area contributed by atoms with Gasteiger partial charge >= 0.3 is 17.9 Å². The van der Waals surface area contributed by atoms with E-state index in [0.717, 1.165) is 16.9 Å². The van der Waals surface area contributed by atoms with Crippen LogP contribution in [-0.2, 0) is 40.3 Å². The molecule has 0 unspecified atom stereocenters. The molecule has 15 heteroatoms. The Morgan fingerprint density at radius 1 is 0.957 bits per heavy atom. The van der Waals surface area contributed by atoms with Crippen molar-refractivity contribution in [2.45, 2.75) is 71.1 Å². The zero-order valence-electron chi connectivity index (χ0n) is 26.9. The van der Waals surface area contributed by atoms with Gasteiger partial charge in [-0.05, 0) is 63.4 Å². The summed E-state index contributed by atoms with van der Waals surface area (Å²) in [7, 11) is 1.84. The Morgan fingerprint density at radius 3 is 2.11 bits per heavy atom. The number of aryl methyl sites for hydroxylation is 2. The van der Waals surface area contributed by atoms with E-state index in [1.807, 2.05) is 53.6 Å². The summed E-state index contributed by atoms with van der Waals surface area (Å²) in [5.41, 5.74) is 3.01. The lowest BCUT2D eigenvalue weighted by Gasteiger charge is -2.27. The van der Waals surface area contributed by atoms with E-state index in [2.05, 4.69) is 10.6 Å². The third-order valence-corrected chi connectivity index (χ3v) is 8.70. The van der Waals surface area contributed by atoms with Crippen molar-refractivity contribution >= 4 is 47.5 Å². The summed E-state index contributed by atoms with van der Waals surface area (Å²) in [4.78, 5) is 36.7. The Hall–Kier alpha value is -4.05. The molecule has 0 bridgehead atoms. The lowest BCUT2D eigenvalue weighted by molar-refractivity contribution is -0.151. The largest absolute Gasteiger partial charge is 0.463 e. The number of carbonyl (C=O) groups is 3. The topological polar surface area (TPSA) is 144 Å². The van der Waals surface area contributed by atoms with Crippen LogP contribution in [0.4, 0.5) is 0 Å². The average Bonchev–Trinajstić information content (AvgIpc) is 3.76. The van der Waals surface area contributed by atoms with Gasteiger partial charge in [0.1, 0.15) is 23.2 Å². The molecule has 3 aromatic rings. The lowest BCUT2D eigenvalue weighted by atomic mass is 10.1. The molecule has 252 valence electrons. The van der Waals surface area contributed by atoms with E-state index in [1.54, 1.807) is 13.8 Å². The first kappa shape index (κ1) is 34.3. The van der Waals surface area contributed by atoms with Gasteiger partial charge in [0, 0.05) is 32.8 Å². The molecular formula is C32H38N4O9S2. The standard InChI is InChI=1S/C32H38N4O9S2/c1-7-40-30(39)21-12-25(43-17(21)3)29-27(45-19(5)38)23(15-42-29)34-31(46)33-22-14-41-28(26(22)44-18(4)37)24-13-36(32(47)35(24)6)20-10-8-16(2)9-11-20/h8-13,22-23,26-29H,7,14-15H2,1-6H3,(H2,33,34,46)/t22-,23-,26+,27+,28-,29-/m0/s1. The van der Waals surface area contributed by atoms with Crippen molar-refractivity contribution in [1.82, 2.24) is 19.8 Å². The van der Waals surface area contributed by atoms with Crippen molar-refractivity contribution in [2.24, 2.45) is 7.05 Å². The summed E-state index contributed by atoms with van der Waals surface area (Å²) < 4.78 is 38.8. The number of hydrogen-bond donors (Lipinski definition) is 2. The predicted molar refractivity (Wildman–Crippen MR) is 175 cm³/mol. The number of imidazole rings is 1. The molecule has 2 saturated heterocycles. The van der Waals surface area contributed by atoms with Crippen LogP contribution in [0.2, 0.25) is 0 Å². The number of carbonyl (C=O) groups excluding carboxylic acids is 3. The molecule has 4 heterocycles. The smallest absolute Gasteiger partial charge is 0.341 e. The van der Waals surface area contributed by atoms with Gasteiger partial charge in [-0.15, -0.1) is 0 Å². The summed E-state index contributed by atoms with van der Waals surface area (Å²) in [5, 5.41) is 6.58. The molecule has 13 nitrogen and oxygen atoms in total.